The second-order valence-electron chi connectivity index (χ2n) is 15.0. The number of hydrogen-bond acceptors (Lipinski definition) is 2. The van der Waals surface area contributed by atoms with Crippen molar-refractivity contribution in [1.82, 2.24) is 19.1 Å². The Morgan fingerprint density at radius 2 is 0.810 bits per heavy atom. The number of rotatable bonds is 5. The van der Waals surface area contributed by atoms with E-state index in [9.17, 15) is 0 Å². The van der Waals surface area contributed by atoms with E-state index >= 15 is 0 Å². The van der Waals surface area contributed by atoms with Gasteiger partial charge in [0.1, 0.15) is 5.82 Å². The molecular weight excluding hydrogens is 705 g/mol. The topological polar surface area (TPSA) is 35.6 Å². The lowest BCUT2D eigenvalue weighted by Gasteiger charge is -2.15. The van der Waals surface area contributed by atoms with E-state index < -0.39 is 0 Å². The second-order valence-corrected chi connectivity index (χ2v) is 15.0. The summed E-state index contributed by atoms with van der Waals surface area (Å²) in [6, 6.07) is 73.8. The monoisotopic (exact) mass is 738 g/mol. The molecule has 3 aromatic heterocycles. The Kier molecular flexibility index (Phi) is 7.20. The average molecular weight is 739 g/mol. The second kappa shape index (κ2) is 12.9. The standard InChI is InChI=1S/C54H34N4/c1-3-13-35(14-4-1)36-23-25-38(26-24-36)53-55-47-30-27-37-15-7-8-18-42(37)52(47)54(56-53)58-49-22-12-10-20-44(49)46-34-40(29-32-51(46)58)39-28-31-50-45(33-39)43-19-9-11-21-48(43)57(50)41-16-5-2-6-17-41/h1-34H. The molecule has 0 radical (unpaired) electrons. The van der Waals surface area contributed by atoms with E-state index in [1.54, 1.807) is 0 Å². The molecule has 0 atom stereocenters. The molecule has 0 fully saturated rings. The summed E-state index contributed by atoms with van der Waals surface area (Å²) in [7, 11) is 0. The predicted molar refractivity (Wildman–Crippen MR) is 242 cm³/mol. The van der Waals surface area contributed by atoms with Crippen molar-refractivity contribution in [3.63, 3.8) is 0 Å². The normalized spacial score (nSPS) is 11.8. The van der Waals surface area contributed by atoms with E-state index in [1.165, 1.54) is 49.3 Å². The molecule has 0 saturated heterocycles. The number of para-hydroxylation sites is 3. The maximum Gasteiger partial charge on any atom is 0.162 e. The predicted octanol–water partition coefficient (Wildman–Crippen LogP) is 14.0. The molecule has 0 N–H and O–H groups in total. The molecule has 270 valence electrons. The highest BCUT2D eigenvalue weighted by atomic mass is 15.1. The first-order valence-corrected chi connectivity index (χ1v) is 19.7. The molecule has 4 nitrogen and oxygen atoms in total. The van der Waals surface area contributed by atoms with Gasteiger partial charge in [-0.15, -0.1) is 0 Å². The minimum atomic E-state index is 0.697. The van der Waals surface area contributed by atoms with Gasteiger partial charge in [0.15, 0.2) is 5.82 Å². The van der Waals surface area contributed by atoms with Crippen molar-refractivity contribution < 1.29 is 0 Å². The van der Waals surface area contributed by atoms with Crippen molar-refractivity contribution in [2.24, 2.45) is 0 Å². The van der Waals surface area contributed by atoms with Crippen LogP contribution >= 0.6 is 0 Å². The van der Waals surface area contributed by atoms with Gasteiger partial charge in [-0.2, -0.15) is 0 Å². The van der Waals surface area contributed by atoms with Crippen molar-refractivity contribution in [2.75, 3.05) is 0 Å². The van der Waals surface area contributed by atoms with Crippen LogP contribution in [0.4, 0.5) is 0 Å². The van der Waals surface area contributed by atoms with Gasteiger partial charge < -0.3 is 4.57 Å². The van der Waals surface area contributed by atoms with Crippen molar-refractivity contribution in [3.8, 4) is 45.1 Å². The number of fused-ring (bicyclic) bond motifs is 9. The molecule has 12 rings (SSSR count). The van der Waals surface area contributed by atoms with E-state index in [0.717, 1.165) is 55.3 Å². The van der Waals surface area contributed by atoms with Crippen molar-refractivity contribution in [2.45, 2.75) is 0 Å². The molecule has 0 bridgehead atoms. The van der Waals surface area contributed by atoms with Crippen LogP contribution in [0.1, 0.15) is 0 Å². The highest BCUT2D eigenvalue weighted by molar-refractivity contribution is 6.15. The summed E-state index contributed by atoms with van der Waals surface area (Å²) in [6.45, 7) is 0. The number of nitrogens with zero attached hydrogens (tertiary/aromatic N) is 4. The molecule has 0 amide bonds. The summed E-state index contributed by atoms with van der Waals surface area (Å²) >= 11 is 0. The van der Waals surface area contributed by atoms with Gasteiger partial charge >= 0.3 is 0 Å². The lowest BCUT2D eigenvalue weighted by molar-refractivity contribution is 1.08. The first-order valence-electron chi connectivity index (χ1n) is 19.7. The minimum absolute atomic E-state index is 0.697. The summed E-state index contributed by atoms with van der Waals surface area (Å²) in [5.74, 6) is 1.57. The maximum atomic E-state index is 5.49. The molecule has 0 aliphatic heterocycles. The molecule has 0 aliphatic carbocycles. The molecule has 0 aliphatic rings. The van der Waals surface area contributed by atoms with Crippen LogP contribution in [0, 0.1) is 0 Å². The summed E-state index contributed by atoms with van der Waals surface area (Å²) in [5, 5.41) is 8.17. The third-order valence-electron chi connectivity index (χ3n) is 11.7. The van der Waals surface area contributed by atoms with Crippen LogP contribution in [0.5, 0.6) is 0 Å². The Bertz CT molecular complexity index is 3540. The Morgan fingerprint density at radius 3 is 1.50 bits per heavy atom. The van der Waals surface area contributed by atoms with Crippen LogP contribution in [0.3, 0.4) is 0 Å². The number of aromatic nitrogens is 4. The Balaban J connectivity index is 1.07. The molecule has 4 heteroatoms. The molecule has 58 heavy (non-hydrogen) atoms. The van der Waals surface area contributed by atoms with Gasteiger partial charge in [0.2, 0.25) is 0 Å². The summed E-state index contributed by atoms with van der Waals surface area (Å²) in [6.07, 6.45) is 0. The van der Waals surface area contributed by atoms with Gasteiger partial charge in [-0.25, -0.2) is 9.97 Å². The van der Waals surface area contributed by atoms with Gasteiger partial charge in [0.25, 0.3) is 0 Å². The van der Waals surface area contributed by atoms with Crippen LogP contribution in [0.2, 0.25) is 0 Å². The van der Waals surface area contributed by atoms with Crippen molar-refractivity contribution in [3.05, 3.63) is 206 Å². The van der Waals surface area contributed by atoms with Crippen LogP contribution in [-0.2, 0) is 0 Å². The van der Waals surface area contributed by atoms with Crippen LogP contribution in [0.15, 0.2) is 206 Å². The fourth-order valence-electron chi connectivity index (χ4n) is 9.01. The highest BCUT2D eigenvalue weighted by Gasteiger charge is 2.20. The average Bonchev–Trinajstić information content (AvgIpc) is 3.81. The number of hydrogen-bond donors (Lipinski definition) is 0. The lowest BCUT2D eigenvalue weighted by Crippen LogP contribution is -2.03. The van der Waals surface area contributed by atoms with E-state index in [0.29, 0.717) is 5.82 Å². The zero-order valence-corrected chi connectivity index (χ0v) is 31.4. The van der Waals surface area contributed by atoms with Crippen molar-refractivity contribution in [1.29, 1.82) is 0 Å². The SMILES string of the molecule is c1ccc(-c2ccc(-c3nc(-n4c5ccccc5c5cc(-c6ccc7c(c6)c6ccccc6n7-c6ccccc6)ccc54)c4c(ccc5ccccc54)n3)cc2)cc1. The molecule has 0 spiro atoms. The summed E-state index contributed by atoms with van der Waals surface area (Å²) in [5.41, 5.74) is 12.4. The largest absolute Gasteiger partial charge is 0.309 e. The molecule has 3 heterocycles. The van der Waals surface area contributed by atoms with Crippen molar-refractivity contribution >= 4 is 65.3 Å². The number of benzene rings is 9. The molecule has 0 unspecified atom stereocenters. The third-order valence-corrected chi connectivity index (χ3v) is 11.7. The summed E-state index contributed by atoms with van der Waals surface area (Å²) in [4.78, 5) is 10.7. The summed E-state index contributed by atoms with van der Waals surface area (Å²) < 4.78 is 4.72. The molecule has 9 aromatic carbocycles. The van der Waals surface area contributed by atoms with Gasteiger partial charge in [-0.3, -0.25) is 4.57 Å². The fraction of sp³-hybridized carbons (Fsp3) is 0. The van der Waals surface area contributed by atoms with E-state index in [1.807, 2.05) is 6.07 Å². The Hall–Kier alpha value is -7.82. The van der Waals surface area contributed by atoms with Crippen LogP contribution in [0.25, 0.3) is 110 Å². The van der Waals surface area contributed by atoms with Gasteiger partial charge in [0, 0.05) is 32.8 Å². The van der Waals surface area contributed by atoms with Gasteiger partial charge in [-0.05, 0) is 87.6 Å². The minimum Gasteiger partial charge on any atom is -0.309 e. The van der Waals surface area contributed by atoms with Crippen LogP contribution in [-0.4, -0.2) is 19.1 Å². The van der Waals surface area contributed by atoms with E-state index in [4.69, 9.17) is 9.97 Å². The van der Waals surface area contributed by atoms with Gasteiger partial charge in [0.05, 0.1) is 33.0 Å². The fourth-order valence-corrected chi connectivity index (χ4v) is 9.01. The third kappa shape index (κ3) is 5.02. The lowest BCUT2D eigenvalue weighted by atomic mass is 10.0. The quantitative estimate of drug-likeness (QED) is 0.165. The first kappa shape index (κ1) is 32.4. The van der Waals surface area contributed by atoms with E-state index in [2.05, 4.69) is 209 Å². The highest BCUT2D eigenvalue weighted by Crippen LogP contribution is 2.40. The first-order chi connectivity index (χ1) is 28.8. The zero-order valence-electron chi connectivity index (χ0n) is 31.4. The maximum absolute atomic E-state index is 5.49. The smallest absolute Gasteiger partial charge is 0.162 e. The van der Waals surface area contributed by atoms with Crippen LogP contribution < -0.4 is 0 Å². The molecule has 12 aromatic rings. The zero-order chi connectivity index (χ0) is 38.2. The Labute approximate surface area is 334 Å². The van der Waals surface area contributed by atoms with E-state index in [-0.39, 0.29) is 0 Å². The molecular formula is C54H34N4. The Morgan fingerprint density at radius 1 is 0.310 bits per heavy atom. The molecule has 0 saturated carbocycles. The van der Waals surface area contributed by atoms with Gasteiger partial charge in [-0.1, -0.05) is 152 Å².